The lowest BCUT2D eigenvalue weighted by Crippen LogP contribution is -2.29. The van der Waals surface area contributed by atoms with Crippen LogP contribution in [0.2, 0.25) is 0 Å². The zero-order valence-electron chi connectivity index (χ0n) is 12.3. The van der Waals surface area contributed by atoms with Crippen molar-refractivity contribution in [1.82, 2.24) is 10.0 Å². The first-order valence-electron chi connectivity index (χ1n) is 6.78. The van der Waals surface area contributed by atoms with Gasteiger partial charge < -0.3 is 5.32 Å². The molecular formula is C14H24N2O2S2. The summed E-state index contributed by atoms with van der Waals surface area (Å²) in [6, 6.07) is 7.02. The molecule has 1 aromatic rings. The van der Waals surface area contributed by atoms with Crippen LogP contribution in [0.5, 0.6) is 0 Å². The molecule has 2 N–H and O–H groups in total. The fourth-order valence-electron chi connectivity index (χ4n) is 1.73. The maximum atomic E-state index is 12.1. The molecule has 1 atom stereocenters. The molecule has 0 amide bonds. The molecule has 4 nitrogen and oxygen atoms in total. The second-order valence-corrected chi connectivity index (χ2v) is 7.51. The number of hydrogen-bond donors (Lipinski definition) is 2. The molecule has 0 heterocycles. The summed E-state index contributed by atoms with van der Waals surface area (Å²) in [6.45, 7) is 6.21. The summed E-state index contributed by atoms with van der Waals surface area (Å²) in [5.41, 5.74) is 1.08. The molecule has 0 aliphatic carbocycles. The Balaban J connectivity index is 2.63. The molecule has 0 saturated carbocycles. The van der Waals surface area contributed by atoms with Gasteiger partial charge in [-0.1, -0.05) is 26.0 Å². The van der Waals surface area contributed by atoms with Gasteiger partial charge in [-0.2, -0.15) is 11.8 Å². The zero-order chi connectivity index (χ0) is 15.0. The molecule has 0 radical (unpaired) electrons. The van der Waals surface area contributed by atoms with Crippen molar-refractivity contribution in [3.8, 4) is 0 Å². The van der Waals surface area contributed by atoms with Gasteiger partial charge in [0.2, 0.25) is 10.0 Å². The van der Waals surface area contributed by atoms with Crippen LogP contribution in [0, 0.1) is 5.92 Å². The Hall–Kier alpha value is -0.560. The topological polar surface area (TPSA) is 58.2 Å². The van der Waals surface area contributed by atoms with Gasteiger partial charge in [-0.3, -0.25) is 0 Å². The van der Waals surface area contributed by atoms with Crippen molar-refractivity contribution in [3.63, 3.8) is 0 Å². The maximum absolute atomic E-state index is 12.1. The monoisotopic (exact) mass is 316 g/mol. The first-order valence-corrected chi connectivity index (χ1v) is 9.65. The van der Waals surface area contributed by atoms with E-state index in [1.54, 1.807) is 23.9 Å². The molecule has 1 aromatic carbocycles. The van der Waals surface area contributed by atoms with Gasteiger partial charge >= 0.3 is 0 Å². The van der Waals surface area contributed by atoms with Crippen LogP contribution in [0.1, 0.15) is 19.4 Å². The summed E-state index contributed by atoms with van der Waals surface area (Å²) in [5.74, 6) is 1.28. The second kappa shape index (κ2) is 8.67. The van der Waals surface area contributed by atoms with Crippen molar-refractivity contribution in [2.24, 2.45) is 5.92 Å². The Morgan fingerprint density at radius 3 is 2.45 bits per heavy atom. The average molecular weight is 316 g/mol. The van der Waals surface area contributed by atoms with Gasteiger partial charge in [0.25, 0.3) is 0 Å². The maximum Gasteiger partial charge on any atom is 0.240 e. The number of nitrogens with one attached hydrogen (secondary N) is 2. The lowest BCUT2D eigenvalue weighted by atomic mass is 10.2. The van der Waals surface area contributed by atoms with Crippen molar-refractivity contribution in [3.05, 3.63) is 29.8 Å². The SMILES string of the molecule is CCNCc1ccc(S(=O)(=O)NCC(C)CSC)cc1. The van der Waals surface area contributed by atoms with E-state index >= 15 is 0 Å². The van der Waals surface area contributed by atoms with Crippen LogP contribution in [0.25, 0.3) is 0 Å². The smallest absolute Gasteiger partial charge is 0.240 e. The largest absolute Gasteiger partial charge is 0.313 e. The van der Waals surface area contributed by atoms with Crippen molar-refractivity contribution in [1.29, 1.82) is 0 Å². The normalized spacial score (nSPS) is 13.3. The van der Waals surface area contributed by atoms with Gasteiger partial charge in [0, 0.05) is 13.1 Å². The van der Waals surface area contributed by atoms with E-state index in [9.17, 15) is 8.42 Å². The second-order valence-electron chi connectivity index (χ2n) is 4.84. The Labute approximate surface area is 126 Å². The lowest BCUT2D eigenvalue weighted by Gasteiger charge is -2.12. The van der Waals surface area contributed by atoms with Crippen LogP contribution in [-0.4, -0.2) is 33.5 Å². The molecule has 114 valence electrons. The third-order valence-electron chi connectivity index (χ3n) is 2.89. The molecule has 0 saturated heterocycles. The Kier molecular flexibility index (Phi) is 7.58. The molecule has 0 spiro atoms. The number of thioether (sulfide) groups is 1. The number of sulfonamides is 1. The highest BCUT2D eigenvalue weighted by Gasteiger charge is 2.14. The molecule has 6 heteroatoms. The molecular weight excluding hydrogens is 292 g/mol. The minimum absolute atomic E-state index is 0.327. The number of hydrogen-bond acceptors (Lipinski definition) is 4. The van der Waals surface area contributed by atoms with Crippen LogP contribution >= 0.6 is 11.8 Å². The average Bonchev–Trinajstić information content (AvgIpc) is 2.44. The van der Waals surface area contributed by atoms with Crippen molar-refractivity contribution >= 4 is 21.8 Å². The predicted octanol–water partition coefficient (Wildman–Crippen LogP) is 2.07. The van der Waals surface area contributed by atoms with Gasteiger partial charge in [-0.15, -0.1) is 0 Å². The highest BCUT2D eigenvalue weighted by molar-refractivity contribution is 7.98. The van der Waals surface area contributed by atoms with E-state index in [2.05, 4.69) is 10.0 Å². The van der Waals surface area contributed by atoms with Crippen molar-refractivity contribution in [2.45, 2.75) is 25.3 Å². The fraction of sp³-hybridized carbons (Fsp3) is 0.571. The van der Waals surface area contributed by atoms with Gasteiger partial charge in [0.15, 0.2) is 0 Å². The molecule has 0 aromatic heterocycles. The Morgan fingerprint density at radius 2 is 1.90 bits per heavy atom. The predicted molar refractivity (Wildman–Crippen MR) is 86.6 cm³/mol. The fourth-order valence-corrected chi connectivity index (χ4v) is 3.59. The van der Waals surface area contributed by atoms with E-state index in [1.807, 2.05) is 32.2 Å². The molecule has 20 heavy (non-hydrogen) atoms. The third-order valence-corrected chi connectivity index (χ3v) is 5.23. The summed E-state index contributed by atoms with van der Waals surface area (Å²) in [5, 5.41) is 3.21. The minimum Gasteiger partial charge on any atom is -0.313 e. The van der Waals surface area contributed by atoms with Crippen LogP contribution in [0.4, 0.5) is 0 Å². The zero-order valence-corrected chi connectivity index (χ0v) is 14.0. The van der Waals surface area contributed by atoms with Crippen LogP contribution in [0.3, 0.4) is 0 Å². The van der Waals surface area contributed by atoms with Crippen LogP contribution < -0.4 is 10.0 Å². The van der Waals surface area contributed by atoms with Crippen LogP contribution in [0.15, 0.2) is 29.2 Å². The van der Waals surface area contributed by atoms with Crippen molar-refractivity contribution < 1.29 is 8.42 Å². The van der Waals surface area contributed by atoms with Gasteiger partial charge in [0.1, 0.15) is 0 Å². The lowest BCUT2D eigenvalue weighted by molar-refractivity contribution is 0.562. The number of benzene rings is 1. The molecule has 1 unspecified atom stereocenters. The third kappa shape index (κ3) is 5.83. The first-order chi connectivity index (χ1) is 9.49. The Bertz CT molecular complexity index is 486. The molecule has 1 rings (SSSR count). The van der Waals surface area contributed by atoms with E-state index in [-0.39, 0.29) is 0 Å². The van der Waals surface area contributed by atoms with Gasteiger partial charge in [-0.05, 0) is 42.2 Å². The van der Waals surface area contributed by atoms with Gasteiger partial charge in [0.05, 0.1) is 4.90 Å². The van der Waals surface area contributed by atoms with Gasteiger partial charge in [-0.25, -0.2) is 13.1 Å². The molecule has 0 bridgehead atoms. The van der Waals surface area contributed by atoms with E-state index in [1.165, 1.54) is 0 Å². The summed E-state index contributed by atoms with van der Waals surface area (Å²) >= 11 is 1.72. The van der Waals surface area contributed by atoms with E-state index < -0.39 is 10.0 Å². The first kappa shape index (κ1) is 17.5. The summed E-state index contributed by atoms with van der Waals surface area (Å²) in [6.07, 6.45) is 2.02. The molecule has 0 aliphatic heterocycles. The highest BCUT2D eigenvalue weighted by Crippen LogP contribution is 2.11. The summed E-state index contributed by atoms with van der Waals surface area (Å²) in [4.78, 5) is 0.328. The highest BCUT2D eigenvalue weighted by atomic mass is 32.2. The van der Waals surface area contributed by atoms with E-state index in [0.717, 1.165) is 24.4 Å². The van der Waals surface area contributed by atoms with E-state index in [0.29, 0.717) is 17.4 Å². The molecule has 0 aliphatic rings. The number of rotatable bonds is 9. The minimum atomic E-state index is -3.39. The standard InChI is InChI=1S/C14H24N2O2S2/c1-4-15-10-13-5-7-14(8-6-13)20(17,18)16-9-12(2)11-19-3/h5-8,12,15-16H,4,9-11H2,1-3H3. The van der Waals surface area contributed by atoms with Crippen LogP contribution in [-0.2, 0) is 16.6 Å². The summed E-state index contributed by atoms with van der Waals surface area (Å²) in [7, 11) is -3.39. The van der Waals surface area contributed by atoms with E-state index in [4.69, 9.17) is 0 Å². The quantitative estimate of drug-likeness (QED) is 0.732. The Morgan fingerprint density at radius 1 is 1.25 bits per heavy atom. The molecule has 0 fully saturated rings. The summed E-state index contributed by atoms with van der Waals surface area (Å²) < 4.78 is 26.9. The van der Waals surface area contributed by atoms with Crippen molar-refractivity contribution in [2.75, 3.05) is 25.1 Å².